The van der Waals surface area contributed by atoms with E-state index >= 15 is 0 Å². The number of rotatable bonds is 3. The highest BCUT2D eigenvalue weighted by Gasteiger charge is 2.09. The van der Waals surface area contributed by atoms with Gasteiger partial charge < -0.3 is 5.32 Å². The molecular weight excluding hydrogens is 370 g/mol. The highest BCUT2D eigenvalue weighted by atomic mass is 79.9. The van der Waals surface area contributed by atoms with Crippen LogP contribution >= 0.6 is 31.9 Å². The van der Waals surface area contributed by atoms with E-state index in [1.165, 1.54) is 6.07 Å². The minimum atomic E-state index is -0.634. The summed E-state index contributed by atoms with van der Waals surface area (Å²) in [7, 11) is 0. The second-order valence-corrected chi connectivity index (χ2v) is 5.38. The van der Waals surface area contributed by atoms with Gasteiger partial charge in [0, 0.05) is 34.0 Å². The summed E-state index contributed by atoms with van der Waals surface area (Å²) < 4.78 is 27.6. The molecular formula is C12H8Br2F2N2. The zero-order chi connectivity index (χ0) is 13.1. The molecule has 2 nitrogen and oxygen atoms in total. The van der Waals surface area contributed by atoms with Crippen molar-refractivity contribution < 1.29 is 8.78 Å². The van der Waals surface area contributed by atoms with Crippen LogP contribution in [0, 0.1) is 11.6 Å². The second kappa shape index (κ2) is 5.75. The van der Waals surface area contributed by atoms with Gasteiger partial charge in [-0.3, -0.25) is 4.98 Å². The molecule has 0 spiro atoms. The zero-order valence-corrected chi connectivity index (χ0v) is 12.2. The van der Waals surface area contributed by atoms with Crippen LogP contribution < -0.4 is 5.32 Å². The van der Waals surface area contributed by atoms with Gasteiger partial charge in [0.25, 0.3) is 0 Å². The van der Waals surface area contributed by atoms with Gasteiger partial charge in [0.05, 0.1) is 5.69 Å². The van der Waals surface area contributed by atoms with Crippen molar-refractivity contribution >= 4 is 37.5 Å². The van der Waals surface area contributed by atoms with E-state index in [1.807, 2.05) is 6.07 Å². The number of benzene rings is 1. The van der Waals surface area contributed by atoms with Crippen LogP contribution in [-0.2, 0) is 6.54 Å². The Labute approximate surface area is 120 Å². The molecule has 0 fully saturated rings. The lowest BCUT2D eigenvalue weighted by molar-refractivity contribution is 0.583. The number of aromatic nitrogens is 1. The van der Waals surface area contributed by atoms with Gasteiger partial charge in [-0.15, -0.1) is 0 Å². The highest BCUT2D eigenvalue weighted by Crippen LogP contribution is 2.27. The third kappa shape index (κ3) is 3.26. The van der Waals surface area contributed by atoms with Crippen LogP contribution in [0.25, 0.3) is 0 Å². The Morgan fingerprint density at radius 1 is 1.11 bits per heavy atom. The molecule has 2 rings (SSSR count). The summed E-state index contributed by atoms with van der Waals surface area (Å²) in [5.74, 6) is -1.25. The molecule has 0 aliphatic carbocycles. The average Bonchev–Trinajstić information content (AvgIpc) is 2.27. The number of anilines is 1. The lowest BCUT2D eigenvalue weighted by atomic mass is 10.2. The molecule has 2 aromatic rings. The van der Waals surface area contributed by atoms with Crippen molar-refractivity contribution in [1.29, 1.82) is 0 Å². The third-order valence-corrected chi connectivity index (χ3v) is 3.30. The van der Waals surface area contributed by atoms with Crippen LogP contribution in [0.15, 0.2) is 39.5 Å². The first kappa shape index (κ1) is 13.4. The van der Waals surface area contributed by atoms with Crippen LogP contribution in [-0.4, -0.2) is 4.98 Å². The van der Waals surface area contributed by atoms with Crippen LogP contribution in [0.2, 0.25) is 0 Å². The number of pyridine rings is 1. The minimum absolute atomic E-state index is 0.233. The SMILES string of the molecule is Fc1cc(F)c(NCc2cncc(Br)c2)c(Br)c1. The molecule has 94 valence electrons. The summed E-state index contributed by atoms with van der Waals surface area (Å²) in [6, 6.07) is 3.92. The molecule has 0 aliphatic heterocycles. The maximum absolute atomic E-state index is 13.5. The Bertz CT molecular complexity index is 553. The fourth-order valence-electron chi connectivity index (χ4n) is 1.45. The number of hydrogen-bond acceptors (Lipinski definition) is 2. The van der Waals surface area contributed by atoms with Crippen molar-refractivity contribution in [3.8, 4) is 0 Å². The summed E-state index contributed by atoms with van der Waals surface area (Å²) in [5, 5.41) is 2.90. The lowest BCUT2D eigenvalue weighted by Gasteiger charge is -2.10. The quantitative estimate of drug-likeness (QED) is 0.851. The van der Waals surface area contributed by atoms with Gasteiger partial charge >= 0.3 is 0 Å². The first-order valence-corrected chi connectivity index (χ1v) is 6.62. The third-order valence-electron chi connectivity index (χ3n) is 2.24. The fourth-order valence-corrected chi connectivity index (χ4v) is 2.41. The Morgan fingerprint density at radius 3 is 2.56 bits per heavy atom. The van der Waals surface area contributed by atoms with E-state index < -0.39 is 11.6 Å². The van der Waals surface area contributed by atoms with E-state index in [-0.39, 0.29) is 5.69 Å². The maximum atomic E-state index is 13.5. The predicted octanol–water partition coefficient (Wildman–Crippen LogP) is 4.50. The summed E-state index contributed by atoms with van der Waals surface area (Å²) in [6.07, 6.45) is 3.34. The molecule has 1 heterocycles. The molecule has 1 aromatic carbocycles. The lowest BCUT2D eigenvalue weighted by Crippen LogP contribution is -2.03. The topological polar surface area (TPSA) is 24.9 Å². The van der Waals surface area contributed by atoms with Crippen LogP contribution in [0.1, 0.15) is 5.56 Å². The smallest absolute Gasteiger partial charge is 0.150 e. The Hall–Kier alpha value is -1.01. The van der Waals surface area contributed by atoms with Gasteiger partial charge in [0.2, 0.25) is 0 Å². The van der Waals surface area contributed by atoms with Gasteiger partial charge in [0.15, 0.2) is 0 Å². The number of nitrogens with zero attached hydrogens (tertiary/aromatic N) is 1. The zero-order valence-electron chi connectivity index (χ0n) is 9.05. The van der Waals surface area contributed by atoms with Crippen molar-refractivity contribution in [2.45, 2.75) is 6.54 Å². The monoisotopic (exact) mass is 376 g/mol. The van der Waals surface area contributed by atoms with Crippen molar-refractivity contribution in [1.82, 2.24) is 4.98 Å². The van der Waals surface area contributed by atoms with Crippen LogP contribution in [0.3, 0.4) is 0 Å². The largest absolute Gasteiger partial charge is 0.378 e. The molecule has 0 saturated heterocycles. The molecule has 0 aliphatic rings. The summed E-state index contributed by atoms with van der Waals surface area (Å²) in [5.41, 5.74) is 1.12. The molecule has 0 amide bonds. The van der Waals surface area contributed by atoms with Gasteiger partial charge in [0.1, 0.15) is 11.6 Å². The first-order chi connectivity index (χ1) is 8.56. The van der Waals surface area contributed by atoms with Crippen LogP contribution in [0.5, 0.6) is 0 Å². The molecule has 0 bridgehead atoms. The van der Waals surface area contributed by atoms with E-state index in [4.69, 9.17) is 0 Å². The molecule has 1 N–H and O–H groups in total. The van der Waals surface area contributed by atoms with E-state index in [9.17, 15) is 8.78 Å². The minimum Gasteiger partial charge on any atom is -0.378 e. The number of hydrogen-bond donors (Lipinski definition) is 1. The van der Waals surface area contributed by atoms with Crippen molar-refractivity contribution in [3.05, 3.63) is 56.7 Å². The fraction of sp³-hybridized carbons (Fsp3) is 0.0833. The molecule has 0 atom stereocenters. The second-order valence-electron chi connectivity index (χ2n) is 3.61. The standard InChI is InChI=1S/C12H8Br2F2N2/c13-8-1-7(4-17-6-8)5-18-12-10(14)2-9(15)3-11(12)16/h1-4,6,18H,5H2. The summed E-state index contributed by atoms with van der Waals surface area (Å²) in [6.45, 7) is 0.396. The number of halogens is 4. The van der Waals surface area contributed by atoms with Gasteiger partial charge in [-0.25, -0.2) is 8.78 Å². The van der Waals surface area contributed by atoms with E-state index in [0.29, 0.717) is 11.0 Å². The Balaban J connectivity index is 2.16. The van der Waals surface area contributed by atoms with Gasteiger partial charge in [-0.1, -0.05) is 0 Å². The van der Waals surface area contributed by atoms with Gasteiger partial charge in [-0.2, -0.15) is 0 Å². The van der Waals surface area contributed by atoms with Crippen molar-refractivity contribution in [2.24, 2.45) is 0 Å². The van der Waals surface area contributed by atoms with E-state index in [1.54, 1.807) is 12.4 Å². The van der Waals surface area contributed by atoms with Crippen molar-refractivity contribution in [2.75, 3.05) is 5.32 Å². The Morgan fingerprint density at radius 2 is 1.89 bits per heavy atom. The normalized spacial score (nSPS) is 10.4. The molecule has 6 heteroatoms. The first-order valence-electron chi connectivity index (χ1n) is 5.04. The summed E-state index contributed by atoms with van der Waals surface area (Å²) >= 11 is 6.42. The van der Waals surface area contributed by atoms with Gasteiger partial charge in [-0.05, 0) is 49.6 Å². The predicted molar refractivity (Wildman–Crippen MR) is 73.3 cm³/mol. The summed E-state index contributed by atoms with van der Waals surface area (Å²) in [4.78, 5) is 4.00. The molecule has 1 aromatic heterocycles. The van der Waals surface area contributed by atoms with E-state index in [0.717, 1.165) is 16.1 Å². The van der Waals surface area contributed by atoms with Crippen molar-refractivity contribution in [3.63, 3.8) is 0 Å². The maximum Gasteiger partial charge on any atom is 0.150 e. The van der Waals surface area contributed by atoms with E-state index in [2.05, 4.69) is 42.2 Å². The molecule has 0 unspecified atom stereocenters. The Kier molecular flexibility index (Phi) is 4.29. The number of nitrogens with one attached hydrogen (secondary N) is 1. The average molecular weight is 378 g/mol. The molecule has 0 saturated carbocycles. The molecule has 18 heavy (non-hydrogen) atoms. The van der Waals surface area contributed by atoms with Crippen LogP contribution in [0.4, 0.5) is 14.5 Å². The molecule has 0 radical (unpaired) electrons. The highest BCUT2D eigenvalue weighted by molar-refractivity contribution is 9.10.